The van der Waals surface area contributed by atoms with Crippen LogP contribution >= 0.6 is 0 Å². The molecule has 0 atom stereocenters. The molecule has 3 rings (SSSR count). The van der Waals surface area contributed by atoms with E-state index in [0.717, 1.165) is 0 Å². The molecular weight excluding hydrogens is 330 g/mol. The summed E-state index contributed by atoms with van der Waals surface area (Å²) in [7, 11) is 0. The second-order valence-electron chi connectivity index (χ2n) is 5.67. The zero-order valence-corrected chi connectivity index (χ0v) is 14.1. The maximum atomic E-state index is 12.1. The molecule has 0 spiro atoms. The molecule has 0 fully saturated rings. The van der Waals surface area contributed by atoms with E-state index in [-0.39, 0.29) is 11.8 Å². The first-order valence-electron chi connectivity index (χ1n) is 8.30. The highest BCUT2D eigenvalue weighted by Crippen LogP contribution is 2.12. The number of anilines is 2. The Balaban J connectivity index is 1.46. The number of rotatable bonds is 7. The number of hydrogen-bond donors (Lipinski definition) is 2. The van der Waals surface area contributed by atoms with E-state index in [9.17, 15) is 9.59 Å². The largest absolute Gasteiger partial charge is 0.325 e. The number of pyridine rings is 1. The van der Waals surface area contributed by atoms with Gasteiger partial charge < -0.3 is 10.6 Å². The third-order valence-corrected chi connectivity index (χ3v) is 3.68. The van der Waals surface area contributed by atoms with E-state index in [1.165, 1.54) is 6.20 Å². The third-order valence-electron chi connectivity index (χ3n) is 3.68. The fourth-order valence-electron chi connectivity index (χ4n) is 2.38. The first kappa shape index (κ1) is 17.3. The van der Waals surface area contributed by atoms with Crippen molar-refractivity contribution in [3.63, 3.8) is 0 Å². The van der Waals surface area contributed by atoms with Gasteiger partial charge in [0, 0.05) is 30.9 Å². The molecule has 132 valence electrons. The van der Waals surface area contributed by atoms with Crippen molar-refractivity contribution in [2.75, 3.05) is 10.6 Å². The minimum absolute atomic E-state index is 0.0833. The van der Waals surface area contributed by atoms with Crippen molar-refractivity contribution in [1.82, 2.24) is 14.8 Å². The molecule has 7 heteroatoms. The molecule has 1 aromatic carbocycles. The standard InChI is InChI=1S/C19H19N5O2/c25-18(8-4-12-24-13-5-11-21-24)22-16-9-10-17(20-14-16)23-19(26)15-6-2-1-3-7-15/h1-3,5-7,9-11,13-14H,4,8,12H2,(H,22,25)(H,20,23,26). The summed E-state index contributed by atoms with van der Waals surface area (Å²) in [5, 5.41) is 9.60. The van der Waals surface area contributed by atoms with Crippen LogP contribution in [0.4, 0.5) is 11.5 Å². The highest BCUT2D eigenvalue weighted by Gasteiger charge is 2.07. The van der Waals surface area contributed by atoms with Crippen molar-refractivity contribution in [2.45, 2.75) is 19.4 Å². The predicted molar refractivity (Wildman–Crippen MR) is 98.7 cm³/mol. The van der Waals surface area contributed by atoms with Crippen LogP contribution in [0.5, 0.6) is 0 Å². The summed E-state index contributed by atoms with van der Waals surface area (Å²) in [4.78, 5) is 28.2. The van der Waals surface area contributed by atoms with Crippen LogP contribution in [0, 0.1) is 0 Å². The zero-order chi connectivity index (χ0) is 18.2. The molecule has 7 nitrogen and oxygen atoms in total. The SMILES string of the molecule is O=C(CCCn1cccn1)Nc1ccc(NC(=O)c2ccccc2)nc1. The van der Waals surface area contributed by atoms with E-state index in [1.807, 2.05) is 18.3 Å². The Morgan fingerprint density at radius 2 is 1.85 bits per heavy atom. The predicted octanol–water partition coefficient (Wildman–Crippen LogP) is 2.95. The molecule has 26 heavy (non-hydrogen) atoms. The van der Waals surface area contributed by atoms with Crippen LogP contribution in [-0.2, 0) is 11.3 Å². The van der Waals surface area contributed by atoms with Crippen LogP contribution < -0.4 is 10.6 Å². The van der Waals surface area contributed by atoms with Gasteiger partial charge in [0.15, 0.2) is 0 Å². The van der Waals surface area contributed by atoms with Gasteiger partial charge in [0.25, 0.3) is 5.91 Å². The average molecular weight is 349 g/mol. The summed E-state index contributed by atoms with van der Waals surface area (Å²) >= 11 is 0. The van der Waals surface area contributed by atoms with Crippen LogP contribution in [0.2, 0.25) is 0 Å². The second kappa shape index (κ2) is 8.57. The maximum Gasteiger partial charge on any atom is 0.256 e. The van der Waals surface area contributed by atoms with Crippen molar-refractivity contribution < 1.29 is 9.59 Å². The Hall–Kier alpha value is -3.48. The first-order chi connectivity index (χ1) is 12.7. The van der Waals surface area contributed by atoms with Gasteiger partial charge in [-0.05, 0) is 36.8 Å². The smallest absolute Gasteiger partial charge is 0.256 e. The Bertz CT molecular complexity index is 845. The van der Waals surface area contributed by atoms with Gasteiger partial charge in [-0.15, -0.1) is 0 Å². The lowest BCUT2D eigenvalue weighted by atomic mass is 10.2. The summed E-state index contributed by atoms with van der Waals surface area (Å²) < 4.78 is 1.79. The summed E-state index contributed by atoms with van der Waals surface area (Å²) in [6.45, 7) is 0.698. The minimum Gasteiger partial charge on any atom is -0.325 e. The van der Waals surface area contributed by atoms with Crippen molar-refractivity contribution in [3.05, 3.63) is 72.7 Å². The molecular formula is C19H19N5O2. The lowest BCUT2D eigenvalue weighted by Crippen LogP contribution is -2.14. The quantitative estimate of drug-likeness (QED) is 0.686. The highest BCUT2D eigenvalue weighted by molar-refractivity contribution is 6.03. The van der Waals surface area contributed by atoms with E-state index in [1.54, 1.807) is 47.3 Å². The topological polar surface area (TPSA) is 88.9 Å². The Morgan fingerprint density at radius 1 is 1.00 bits per heavy atom. The number of benzene rings is 1. The average Bonchev–Trinajstić information content (AvgIpc) is 3.17. The molecule has 0 saturated carbocycles. The van der Waals surface area contributed by atoms with Crippen LogP contribution in [0.15, 0.2) is 67.1 Å². The van der Waals surface area contributed by atoms with Crippen LogP contribution in [0.1, 0.15) is 23.2 Å². The molecule has 0 aliphatic carbocycles. The normalized spacial score (nSPS) is 10.3. The molecule has 0 unspecified atom stereocenters. The number of nitrogens with one attached hydrogen (secondary N) is 2. The summed E-state index contributed by atoms with van der Waals surface area (Å²) in [5.41, 5.74) is 1.15. The van der Waals surface area contributed by atoms with Gasteiger partial charge in [0.1, 0.15) is 5.82 Å². The molecule has 0 bridgehead atoms. The Kier molecular flexibility index (Phi) is 5.72. The molecule has 0 aliphatic heterocycles. The van der Waals surface area contributed by atoms with Gasteiger partial charge in [-0.1, -0.05) is 18.2 Å². The number of aryl methyl sites for hydroxylation is 1. The monoisotopic (exact) mass is 349 g/mol. The van der Waals surface area contributed by atoms with E-state index in [0.29, 0.717) is 36.5 Å². The maximum absolute atomic E-state index is 12.1. The molecule has 0 saturated heterocycles. The van der Waals surface area contributed by atoms with E-state index in [2.05, 4.69) is 20.7 Å². The highest BCUT2D eigenvalue weighted by atomic mass is 16.2. The van der Waals surface area contributed by atoms with Gasteiger partial charge in [-0.25, -0.2) is 4.98 Å². The van der Waals surface area contributed by atoms with Gasteiger partial charge in [-0.3, -0.25) is 14.3 Å². The number of carbonyl (C=O) groups is 2. The van der Waals surface area contributed by atoms with Crippen molar-refractivity contribution in [1.29, 1.82) is 0 Å². The lowest BCUT2D eigenvalue weighted by Gasteiger charge is -2.07. The van der Waals surface area contributed by atoms with Crippen LogP contribution in [0.3, 0.4) is 0 Å². The molecule has 2 heterocycles. The van der Waals surface area contributed by atoms with Crippen molar-refractivity contribution in [2.24, 2.45) is 0 Å². The van der Waals surface area contributed by atoms with Crippen LogP contribution in [0.25, 0.3) is 0 Å². The zero-order valence-electron chi connectivity index (χ0n) is 14.1. The third kappa shape index (κ3) is 5.01. The van der Waals surface area contributed by atoms with Gasteiger partial charge >= 0.3 is 0 Å². The van der Waals surface area contributed by atoms with E-state index >= 15 is 0 Å². The first-order valence-corrected chi connectivity index (χ1v) is 8.30. The summed E-state index contributed by atoms with van der Waals surface area (Å²) in [6, 6.07) is 14.1. The van der Waals surface area contributed by atoms with Gasteiger partial charge in [0.05, 0.1) is 11.9 Å². The van der Waals surface area contributed by atoms with Crippen LogP contribution in [-0.4, -0.2) is 26.6 Å². The summed E-state index contributed by atoms with van der Waals surface area (Å²) in [6.07, 6.45) is 6.19. The lowest BCUT2D eigenvalue weighted by molar-refractivity contribution is -0.116. The molecule has 0 aliphatic rings. The number of amides is 2. The Labute approximate surface area is 151 Å². The van der Waals surface area contributed by atoms with Gasteiger partial charge in [0.2, 0.25) is 5.91 Å². The fraction of sp³-hybridized carbons (Fsp3) is 0.158. The molecule has 2 aromatic heterocycles. The number of aromatic nitrogens is 3. The Morgan fingerprint density at radius 3 is 2.54 bits per heavy atom. The second-order valence-corrected chi connectivity index (χ2v) is 5.67. The van der Waals surface area contributed by atoms with Gasteiger partial charge in [-0.2, -0.15) is 5.10 Å². The number of hydrogen-bond acceptors (Lipinski definition) is 4. The van der Waals surface area contributed by atoms with E-state index < -0.39 is 0 Å². The molecule has 3 aromatic rings. The minimum atomic E-state index is -0.228. The molecule has 2 N–H and O–H groups in total. The fourth-order valence-corrected chi connectivity index (χ4v) is 2.38. The van der Waals surface area contributed by atoms with E-state index in [4.69, 9.17) is 0 Å². The number of nitrogens with zero attached hydrogens (tertiary/aromatic N) is 3. The molecule has 0 radical (unpaired) electrons. The van der Waals surface area contributed by atoms with Crippen molar-refractivity contribution >= 4 is 23.3 Å². The summed E-state index contributed by atoms with van der Waals surface area (Å²) in [5.74, 6) is 0.115. The molecule has 2 amide bonds. The number of carbonyl (C=O) groups excluding carboxylic acids is 2. The van der Waals surface area contributed by atoms with Crippen molar-refractivity contribution in [3.8, 4) is 0 Å².